The Kier molecular flexibility index (Phi) is 5.46. The molecule has 1 aliphatic rings. The fourth-order valence-electron chi connectivity index (χ4n) is 2.45. The molecule has 0 aliphatic carbocycles. The molecule has 1 aromatic rings. The molecule has 2 atom stereocenters. The average molecular weight is 324 g/mol. The number of rotatable bonds is 4. The fourth-order valence-corrected chi connectivity index (χ4v) is 2.45. The van der Waals surface area contributed by atoms with Crippen LogP contribution in [0.5, 0.6) is 0 Å². The average Bonchev–Trinajstić information content (AvgIpc) is 2.94. The number of nitrogens with one attached hydrogen (secondary N) is 2. The van der Waals surface area contributed by atoms with Gasteiger partial charge in [-0.1, -0.05) is 0 Å². The standard InChI is InChI=1S/C17H25FN2O3/c1-11(12-7-8-22-10-12)19-13-5-6-14(18)15(9-13)20-16(21)23-17(2,3)4/h5-6,9,11-12,19H,7-8,10H2,1-4H3,(H,20,21). The van der Waals surface area contributed by atoms with Crippen molar-refractivity contribution < 1.29 is 18.7 Å². The number of ether oxygens (including phenoxy) is 2. The molecule has 128 valence electrons. The number of carbonyl (C=O) groups is 1. The van der Waals surface area contributed by atoms with Gasteiger partial charge in [0.05, 0.1) is 12.3 Å². The topological polar surface area (TPSA) is 59.6 Å². The Labute approximate surface area is 136 Å². The van der Waals surface area contributed by atoms with E-state index >= 15 is 0 Å². The maximum Gasteiger partial charge on any atom is 0.412 e. The number of anilines is 2. The predicted molar refractivity (Wildman–Crippen MR) is 88.3 cm³/mol. The van der Waals surface area contributed by atoms with Gasteiger partial charge in [-0.15, -0.1) is 0 Å². The van der Waals surface area contributed by atoms with Gasteiger partial charge in [0, 0.05) is 24.3 Å². The van der Waals surface area contributed by atoms with Gasteiger partial charge in [0.2, 0.25) is 0 Å². The smallest absolute Gasteiger partial charge is 0.412 e. The van der Waals surface area contributed by atoms with Crippen molar-refractivity contribution in [3.8, 4) is 0 Å². The van der Waals surface area contributed by atoms with Crippen LogP contribution in [0.3, 0.4) is 0 Å². The maximum atomic E-state index is 13.9. The molecular formula is C17H25FN2O3. The van der Waals surface area contributed by atoms with Crippen LogP contribution >= 0.6 is 0 Å². The number of amides is 1. The first-order chi connectivity index (χ1) is 10.7. The summed E-state index contributed by atoms with van der Waals surface area (Å²) < 4.78 is 24.4. The van der Waals surface area contributed by atoms with Crippen LogP contribution in [-0.4, -0.2) is 30.9 Å². The number of halogens is 1. The Balaban J connectivity index is 2.01. The molecule has 1 aliphatic heterocycles. The van der Waals surface area contributed by atoms with Crippen LogP contribution < -0.4 is 10.6 Å². The first kappa shape index (κ1) is 17.5. The summed E-state index contributed by atoms with van der Waals surface area (Å²) in [6.07, 6.45) is 0.337. The van der Waals surface area contributed by atoms with E-state index in [4.69, 9.17) is 9.47 Å². The number of hydrogen-bond acceptors (Lipinski definition) is 4. The highest BCUT2D eigenvalue weighted by molar-refractivity contribution is 5.85. The first-order valence-electron chi connectivity index (χ1n) is 7.88. The van der Waals surface area contributed by atoms with E-state index in [1.54, 1.807) is 32.9 Å². The van der Waals surface area contributed by atoms with Crippen LogP contribution in [-0.2, 0) is 9.47 Å². The third kappa shape index (κ3) is 5.39. The summed E-state index contributed by atoms with van der Waals surface area (Å²) in [5.74, 6) is -0.0689. The summed E-state index contributed by atoms with van der Waals surface area (Å²) in [7, 11) is 0. The van der Waals surface area contributed by atoms with Gasteiger partial charge in [-0.05, 0) is 52.3 Å². The molecule has 2 rings (SSSR count). The molecule has 0 bridgehead atoms. The van der Waals surface area contributed by atoms with Gasteiger partial charge in [-0.25, -0.2) is 9.18 Å². The van der Waals surface area contributed by atoms with E-state index in [2.05, 4.69) is 17.6 Å². The molecule has 0 saturated carbocycles. The van der Waals surface area contributed by atoms with E-state index < -0.39 is 17.5 Å². The third-order valence-corrected chi connectivity index (χ3v) is 3.67. The highest BCUT2D eigenvalue weighted by atomic mass is 19.1. The minimum Gasteiger partial charge on any atom is -0.444 e. The SMILES string of the molecule is CC(Nc1ccc(F)c(NC(=O)OC(C)(C)C)c1)C1CCOC1. The summed E-state index contributed by atoms with van der Waals surface area (Å²) in [5.41, 5.74) is 0.212. The lowest BCUT2D eigenvalue weighted by Gasteiger charge is -2.22. The van der Waals surface area contributed by atoms with Gasteiger partial charge in [0.15, 0.2) is 0 Å². The molecule has 1 aromatic carbocycles. The number of benzene rings is 1. The summed E-state index contributed by atoms with van der Waals surface area (Å²) in [6, 6.07) is 4.76. The summed E-state index contributed by atoms with van der Waals surface area (Å²) in [5, 5.41) is 5.78. The van der Waals surface area contributed by atoms with Gasteiger partial charge in [-0.2, -0.15) is 0 Å². The Morgan fingerprint density at radius 2 is 2.17 bits per heavy atom. The second-order valence-corrected chi connectivity index (χ2v) is 6.88. The van der Waals surface area contributed by atoms with Gasteiger partial charge in [-0.3, -0.25) is 5.32 Å². The van der Waals surface area contributed by atoms with Crippen LogP contribution in [0.4, 0.5) is 20.6 Å². The molecular weight excluding hydrogens is 299 g/mol. The van der Waals surface area contributed by atoms with Gasteiger partial charge in [0.1, 0.15) is 11.4 Å². The normalized spacial score (nSPS) is 19.3. The molecule has 1 fully saturated rings. The van der Waals surface area contributed by atoms with Crippen LogP contribution in [0.25, 0.3) is 0 Å². The molecule has 2 unspecified atom stereocenters. The van der Waals surface area contributed by atoms with Crippen molar-refractivity contribution in [3.63, 3.8) is 0 Å². The van der Waals surface area contributed by atoms with E-state index in [-0.39, 0.29) is 11.7 Å². The highest BCUT2D eigenvalue weighted by Gasteiger charge is 2.22. The highest BCUT2D eigenvalue weighted by Crippen LogP contribution is 2.24. The van der Waals surface area contributed by atoms with Crippen LogP contribution in [0.15, 0.2) is 18.2 Å². The largest absolute Gasteiger partial charge is 0.444 e. The lowest BCUT2D eigenvalue weighted by Crippen LogP contribution is -2.28. The van der Waals surface area contributed by atoms with Crippen LogP contribution in [0, 0.1) is 11.7 Å². The molecule has 6 heteroatoms. The molecule has 0 aromatic heterocycles. The van der Waals surface area contributed by atoms with Crippen molar-refractivity contribution >= 4 is 17.5 Å². The summed E-state index contributed by atoms with van der Waals surface area (Å²) in [4.78, 5) is 11.8. The van der Waals surface area contributed by atoms with Crippen molar-refractivity contribution in [3.05, 3.63) is 24.0 Å². The first-order valence-corrected chi connectivity index (χ1v) is 7.88. The number of hydrogen-bond donors (Lipinski definition) is 2. The maximum absolute atomic E-state index is 13.9. The van der Waals surface area contributed by atoms with Crippen LogP contribution in [0.1, 0.15) is 34.1 Å². The van der Waals surface area contributed by atoms with Crippen molar-refractivity contribution in [2.45, 2.75) is 45.8 Å². The monoisotopic (exact) mass is 324 g/mol. The molecule has 2 N–H and O–H groups in total. The molecule has 23 heavy (non-hydrogen) atoms. The zero-order valence-corrected chi connectivity index (χ0v) is 14.1. The number of carbonyl (C=O) groups excluding carboxylic acids is 1. The Bertz CT molecular complexity index is 551. The lowest BCUT2D eigenvalue weighted by molar-refractivity contribution is 0.0635. The zero-order valence-electron chi connectivity index (χ0n) is 14.1. The second kappa shape index (κ2) is 7.17. The Morgan fingerprint density at radius 1 is 1.43 bits per heavy atom. The molecule has 1 amide bonds. The van der Waals surface area contributed by atoms with E-state index in [0.29, 0.717) is 5.92 Å². The zero-order chi connectivity index (χ0) is 17.0. The van der Waals surface area contributed by atoms with Gasteiger partial charge in [0.25, 0.3) is 0 Å². The van der Waals surface area contributed by atoms with Crippen molar-refractivity contribution in [1.29, 1.82) is 0 Å². The molecule has 1 heterocycles. The fraction of sp³-hybridized carbons (Fsp3) is 0.588. The predicted octanol–water partition coefficient (Wildman–Crippen LogP) is 4.01. The third-order valence-electron chi connectivity index (χ3n) is 3.67. The molecule has 0 spiro atoms. The minimum atomic E-state index is -0.675. The van der Waals surface area contributed by atoms with Crippen molar-refractivity contribution in [1.82, 2.24) is 0 Å². The minimum absolute atomic E-state index is 0.0964. The quantitative estimate of drug-likeness (QED) is 0.878. The van der Waals surface area contributed by atoms with Crippen LogP contribution in [0.2, 0.25) is 0 Å². The van der Waals surface area contributed by atoms with E-state index in [1.807, 2.05) is 0 Å². The van der Waals surface area contributed by atoms with E-state index in [0.717, 1.165) is 25.3 Å². The second-order valence-electron chi connectivity index (χ2n) is 6.88. The summed E-state index contributed by atoms with van der Waals surface area (Å²) >= 11 is 0. The van der Waals surface area contributed by atoms with Gasteiger partial charge >= 0.3 is 6.09 Å². The van der Waals surface area contributed by atoms with E-state index in [1.165, 1.54) is 6.07 Å². The molecule has 1 saturated heterocycles. The van der Waals surface area contributed by atoms with Gasteiger partial charge < -0.3 is 14.8 Å². The molecule has 5 nitrogen and oxygen atoms in total. The van der Waals surface area contributed by atoms with E-state index in [9.17, 15) is 9.18 Å². The lowest BCUT2D eigenvalue weighted by atomic mass is 10.0. The van der Waals surface area contributed by atoms with Crippen molar-refractivity contribution in [2.75, 3.05) is 23.8 Å². The molecule has 0 radical (unpaired) electrons. The Hall–Kier alpha value is -1.82. The van der Waals surface area contributed by atoms with Crippen molar-refractivity contribution in [2.24, 2.45) is 5.92 Å². The Morgan fingerprint density at radius 3 is 2.78 bits per heavy atom. The summed E-state index contributed by atoms with van der Waals surface area (Å²) in [6.45, 7) is 8.86.